The predicted molar refractivity (Wildman–Crippen MR) is 81.3 cm³/mol. The van der Waals surface area contributed by atoms with Gasteiger partial charge < -0.3 is 11.5 Å². The molecule has 1 unspecified atom stereocenters. The Morgan fingerprint density at radius 1 is 1.15 bits per heavy atom. The molecule has 2 aromatic rings. The van der Waals surface area contributed by atoms with Crippen molar-refractivity contribution < 1.29 is 4.79 Å². The molecule has 0 saturated heterocycles. The number of rotatable bonds is 5. The molecule has 0 aliphatic heterocycles. The lowest BCUT2D eigenvalue weighted by Crippen LogP contribution is -2.14. The molecule has 3 rings (SSSR count). The molecule has 0 spiro atoms. The quantitative estimate of drug-likeness (QED) is 0.875. The van der Waals surface area contributed by atoms with Crippen LogP contribution < -0.4 is 11.5 Å². The van der Waals surface area contributed by atoms with Gasteiger partial charge in [-0.3, -0.25) is 4.79 Å². The van der Waals surface area contributed by atoms with Gasteiger partial charge in [0, 0.05) is 12.5 Å². The van der Waals surface area contributed by atoms with Crippen LogP contribution in [-0.4, -0.2) is 5.91 Å². The topological polar surface area (TPSA) is 69.1 Å². The second-order valence-corrected chi connectivity index (χ2v) is 5.62. The Morgan fingerprint density at radius 2 is 1.90 bits per heavy atom. The van der Waals surface area contributed by atoms with Crippen LogP contribution in [0.15, 0.2) is 30.3 Å². The Bertz CT molecular complexity index is 653. The maximum atomic E-state index is 10.8. The van der Waals surface area contributed by atoms with Gasteiger partial charge in [-0.05, 0) is 53.1 Å². The van der Waals surface area contributed by atoms with Gasteiger partial charge in [0.25, 0.3) is 0 Å². The maximum Gasteiger partial charge on any atom is 0.217 e. The molecule has 1 aliphatic rings. The van der Waals surface area contributed by atoms with Crippen LogP contribution in [0.4, 0.5) is 0 Å². The van der Waals surface area contributed by atoms with E-state index in [0.29, 0.717) is 6.42 Å². The van der Waals surface area contributed by atoms with Crippen molar-refractivity contribution >= 4 is 16.7 Å². The SMILES string of the molecule is NC(=O)CCCC(N)c1ccc2c3c(cccc13)CC2. The number of carbonyl (C=O) groups is 1. The third kappa shape index (κ3) is 2.29. The molecular weight excluding hydrogens is 248 g/mol. The molecule has 1 atom stereocenters. The summed E-state index contributed by atoms with van der Waals surface area (Å²) in [5.74, 6) is -0.252. The fraction of sp³-hybridized carbons (Fsp3) is 0.353. The van der Waals surface area contributed by atoms with Crippen LogP contribution in [0.2, 0.25) is 0 Å². The summed E-state index contributed by atoms with van der Waals surface area (Å²) in [4.78, 5) is 10.8. The monoisotopic (exact) mass is 268 g/mol. The van der Waals surface area contributed by atoms with Crippen LogP contribution in [0.25, 0.3) is 10.8 Å². The summed E-state index contributed by atoms with van der Waals surface area (Å²) in [7, 11) is 0. The first-order valence-electron chi connectivity index (χ1n) is 7.24. The van der Waals surface area contributed by atoms with E-state index in [1.54, 1.807) is 0 Å². The van der Waals surface area contributed by atoms with Gasteiger partial charge in [0.1, 0.15) is 0 Å². The number of aryl methyl sites for hydroxylation is 2. The molecule has 0 aromatic heterocycles. The average Bonchev–Trinajstić information content (AvgIpc) is 2.84. The first-order valence-corrected chi connectivity index (χ1v) is 7.24. The van der Waals surface area contributed by atoms with Gasteiger partial charge in [0.2, 0.25) is 5.91 Å². The molecule has 2 aromatic carbocycles. The van der Waals surface area contributed by atoms with Gasteiger partial charge in [-0.1, -0.05) is 30.3 Å². The summed E-state index contributed by atoms with van der Waals surface area (Å²) in [6, 6.07) is 10.8. The standard InChI is InChI=1S/C17H20N2O/c18-15(5-2-6-16(19)20)13-10-9-12-8-7-11-3-1-4-14(13)17(11)12/h1,3-4,9-10,15H,2,5-8,18H2,(H2,19,20). The zero-order valence-electron chi connectivity index (χ0n) is 11.6. The predicted octanol–water partition coefficient (Wildman–Crippen LogP) is 2.59. The number of amides is 1. The van der Waals surface area contributed by atoms with Crippen molar-refractivity contribution in [2.24, 2.45) is 11.5 Å². The van der Waals surface area contributed by atoms with Crippen molar-refractivity contribution in [3.63, 3.8) is 0 Å². The summed E-state index contributed by atoms with van der Waals surface area (Å²) in [5, 5.41) is 2.68. The molecular formula is C17H20N2O. The van der Waals surface area contributed by atoms with Crippen LogP contribution >= 0.6 is 0 Å². The third-order valence-corrected chi connectivity index (χ3v) is 4.25. The van der Waals surface area contributed by atoms with E-state index in [0.717, 1.165) is 25.7 Å². The molecule has 0 saturated carbocycles. The summed E-state index contributed by atoms with van der Waals surface area (Å²) < 4.78 is 0. The Labute approximate surface area is 119 Å². The normalized spacial score (nSPS) is 14.7. The fourth-order valence-electron chi connectivity index (χ4n) is 3.24. The van der Waals surface area contributed by atoms with Gasteiger partial charge in [-0.2, -0.15) is 0 Å². The highest BCUT2D eigenvalue weighted by Crippen LogP contribution is 2.35. The molecule has 4 N–H and O–H groups in total. The van der Waals surface area contributed by atoms with E-state index in [-0.39, 0.29) is 11.9 Å². The first-order chi connectivity index (χ1) is 9.66. The third-order valence-electron chi connectivity index (χ3n) is 4.25. The molecule has 20 heavy (non-hydrogen) atoms. The number of nitrogens with two attached hydrogens (primary N) is 2. The Balaban J connectivity index is 1.91. The van der Waals surface area contributed by atoms with E-state index >= 15 is 0 Å². The second kappa shape index (κ2) is 5.25. The van der Waals surface area contributed by atoms with Crippen molar-refractivity contribution in [3.8, 4) is 0 Å². The number of carbonyl (C=O) groups excluding carboxylic acids is 1. The minimum absolute atomic E-state index is 0.0285. The second-order valence-electron chi connectivity index (χ2n) is 5.62. The zero-order valence-corrected chi connectivity index (χ0v) is 11.6. The lowest BCUT2D eigenvalue weighted by molar-refractivity contribution is -0.118. The van der Waals surface area contributed by atoms with Gasteiger partial charge in [-0.25, -0.2) is 0 Å². The highest BCUT2D eigenvalue weighted by Gasteiger charge is 2.18. The van der Waals surface area contributed by atoms with E-state index in [1.165, 1.54) is 27.5 Å². The molecule has 1 amide bonds. The van der Waals surface area contributed by atoms with Gasteiger partial charge >= 0.3 is 0 Å². The molecule has 1 aliphatic carbocycles. The van der Waals surface area contributed by atoms with Crippen molar-refractivity contribution in [3.05, 3.63) is 47.0 Å². The minimum atomic E-state index is -0.252. The smallest absolute Gasteiger partial charge is 0.217 e. The number of primary amides is 1. The number of hydrogen-bond donors (Lipinski definition) is 2. The van der Waals surface area contributed by atoms with E-state index in [9.17, 15) is 4.79 Å². The van der Waals surface area contributed by atoms with E-state index in [1.807, 2.05) is 0 Å². The average molecular weight is 268 g/mol. The zero-order chi connectivity index (χ0) is 14.1. The largest absolute Gasteiger partial charge is 0.370 e. The number of benzene rings is 2. The van der Waals surface area contributed by atoms with Crippen molar-refractivity contribution in [1.82, 2.24) is 0 Å². The molecule has 3 heteroatoms. The lowest BCUT2D eigenvalue weighted by Gasteiger charge is -2.15. The van der Waals surface area contributed by atoms with Gasteiger partial charge in [0.15, 0.2) is 0 Å². The summed E-state index contributed by atoms with van der Waals surface area (Å²) in [6.07, 6.45) is 4.22. The Hall–Kier alpha value is -1.87. The molecule has 0 fully saturated rings. The fourth-order valence-corrected chi connectivity index (χ4v) is 3.24. The van der Waals surface area contributed by atoms with Crippen molar-refractivity contribution in [2.45, 2.75) is 38.1 Å². The summed E-state index contributed by atoms with van der Waals surface area (Å²) in [6.45, 7) is 0. The molecule has 3 nitrogen and oxygen atoms in total. The maximum absolute atomic E-state index is 10.8. The van der Waals surface area contributed by atoms with E-state index < -0.39 is 0 Å². The molecule has 0 radical (unpaired) electrons. The van der Waals surface area contributed by atoms with E-state index in [2.05, 4.69) is 30.3 Å². The highest BCUT2D eigenvalue weighted by molar-refractivity contribution is 5.93. The van der Waals surface area contributed by atoms with Crippen molar-refractivity contribution in [1.29, 1.82) is 0 Å². The van der Waals surface area contributed by atoms with Crippen LogP contribution in [-0.2, 0) is 17.6 Å². The first kappa shape index (κ1) is 13.1. The molecule has 0 heterocycles. The van der Waals surface area contributed by atoms with E-state index in [4.69, 9.17) is 11.5 Å². The lowest BCUT2D eigenvalue weighted by atomic mass is 9.93. The van der Waals surface area contributed by atoms with Crippen LogP contribution in [0.1, 0.15) is 42.0 Å². The van der Waals surface area contributed by atoms with Crippen molar-refractivity contribution in [2.75, 3.05) is 0 Å². The summed E-state index contributed by atoms with van der Waals surface area (Å²) in [5.41, 5.74) is 15.6. The Morgan fingerprint density at radius 3 is 2.65 bits per heavy atom. The minimum Gasteiger partial charge on any atom is -0.370 e. The number of hydrogen-bond acceptors (Lipinski definition) is 2. The van der Waals surface area contributed by atoms with Crippen LogP contribution in [0.3, 0.4) is 0 Å². The summed E-state index contributed by atoms with van der Waals surface area (Å²) >= 11 is 0. The molecule has 0 bridgehead atoms. The highest BCUT2D eigenvalue weighted by atomic mass is 16.1. The van der Waals surface area contributed by atoms with Crippen LogP contribution in [0, 0.1) is 0 Å². The van der Waals surface area contributed by atoms with Crippen LogP contribution in [0.5, 0.6) is 0 Å². The van der Waals surface area contributed by atoms with Gasteiger partial charge in [0.05, 0.1) is 0 Å². The molecule has 104 valence electrons. The Kier molecular flexibility index (Phi) is 3.45. The van der Waals surface area contributed by atoms with Gasteiger partial charge in [-0.15, -0.1) is 0 Å².